The van der Waals surface area contributed by atoms with Gasteiger partial charge in [0.25, 0.3) is 0 Å². The molecule has 96 valence electrons. The lowest BCUT2D eigenvalue weighted by molar-refractivity contribution is 0.602. The molecular formula is C11H14N4O2S. The number of nitrogens with zero attached hydrogens (tertiary/aromatic N) is 3. The Morgan fingerprint density at radius 1 is 1.22 bits per heavy atom. The number of aromatic nitrogens is 3. The largest absolute Gasteiger partial charge is 0.324 e. The van der Waals surface area contributed by atoms with Gasteiger partial charge in [-0.3, -0.25) is 0 Å². The van der Waals surface area contributed by atoms with Gasteiger partial charge < -0.3 is 10.3 Å². The molecule has 18 heavy (non-hydrogen) atoms. The van der Waals surface area contributed by atoms with Gasteiger partial charge in [0, 0.05) is 18.9 Å². The van der Waals surface area contributed by atoms with Crippen molar-refractivity contribution in [3.05, 3.63) is 30.1 Å². The van der Waals surface area contributed by atoms with Crippen molar-refractivity contribution < 1.29 is 8.42 Å². The molecule has 0 saturated heterocycles. The molecule has 0 aliphatic rings. The Morgan fingerprint density at radius 3 is 2.28 bits per heavy atom. The van der Waals surface area contributed by atoms with Crippen molar-refractivity contribution in [3.63, 3.8) is 0 Å². The SMILES string of the molecule is Cn1c(CN)nnc1-c1ccc(S(C)(=O)=O)cc1. The predicted molar refractivity (Wildman–Crippen MR) is 67.4 cm³/mol. The molecule has 7 heteroatoms. The van der Waals surface area contributed by atoms with Crippen LogP contribution in [0.5, 0.6) is 0 Å². The summed E-state index contributed by atoms with van der Waals surface area (Å²) in [4.78, 5) is 0.285. The molecule has 1 heterocycles. The van der Waals surface area contributed by atoms with Crippen LogP contribution in [0.1, 0.15) is 5.82 Å². The van der Waals surface area contributed by atoms with Crippen molar-refractivity contribution in [2.75, 3.05) is 6.26 Å². The number of hydrogen-bond donors (Lipinski definition) is 1. The summed E-state index contributed by atoms with van der Waals surface area (Å²) in [5, 5.41) is 7.98. The Hall–Kier alpha value is -1.73. The predicted octanol–water partition coefficient (Wildman–Crippen LogP) is 0.344. The van der Waals surface area contributed by atoms with Gasteiger partial charge in [0.15, 0.2) is 15.7 Å². The molecule has 0 saturated carbocycles. The average Bonchev–Trinajstić information content (AvgIpc) is 2.69. The maximum absolute atomic E-state index is 11.3. The van der Waals surface area contributed by atoms with Gasteiger partial charge in [-0.25, -0.2) is 8.42 Å². The third-order valence-electron chi connectivity index (χ3n) is 2.69. The molecule has 0 radical (unpaired) electrons. The second kappa shape index (κ2) is 4.51. The maximum atomic E-state index is 11.3. The van der Waals surface area contributed by atoms with Crippen molar-refractivity contribution in [3.8, 4) is 11.4 Å². The minimum atomic E-state index is -3.17. The van der Waals surface area contributed by atoms with Crippen LogP contribution in [-0.4, -0.2) is 29.4 Å². The van der Waals surface area contributed by atoms with E-state index in [9.17, 15) is 8.42 Å². The first-order valence-corrected chi connectivity index (χ1v) is 7.21. The van der Waals surface area contributed by atoms with E-state index in [1.54, 1.807) is 28.8 Å². The lowest BCUT2D eigenvalue weighted by Crippen LogP contribution is -2.05. The van der Waals surface area contributed by atoms with E-state index in [1.807, 2.05) is 7.05 Å². The van der Waals surface area contributed by atoms with Crippen molar-refractivity contribution >= 4 is 9.84 Å². The average molecular weight is 266 g/mol. The van der Waals surface area contributed by atoms with Gasteiger partial charge in [-0.05, 0) is 24.3 Å². The summed E-state index contributed by atoms with van der Waals surface area (Å²) in [6.45, 7) is 0.310. The minimum Gasteiger partial charge on any atom is -0.324 e. The van der Waals surface area contributed by atoms with E-state index >= 15 is 0 Å². The van der Waals surface area contributed by atoms with Gasteiger partial charge in [-0.2, -0.15) is 0 Å². The first-order chi connectivity index (χ1) is 8.43. The van der Waals surface area contributed by atoms with Gasteiger partial charge in [-0.15, -0.1) is 10.2 Å². The molecule has 0 unspecified atom stereocenters. The maximum Gasteiger partial charge on any atom is 0.175 e. The lowest BCUT2D eigenvalue weighted by atomic mass is 10.2. The molecule has 1 aromatic heterocycles. The van der Waals surface area contributed by atoms with Gasteiger partial charge in [0.2, 0.25) is 0 Å². The highest BCUT2D eigenvalue weighted by Crippen LogP contribution is 2.19. The Kier molecular flexibility index (Phi) is 3.18. The summed E-state index contributed by atoms with van der Waals surface area (Å²) < 4.78 is 24.5. The van der Waals surface area contributed by atoms with E-state index in [4.69, 9.17) is 5.73 Å². The molecule has 2 N–H and O–H groups in total. The minimum absolute atomic E-state index is 0.285. The quantitative estimate of drug-likeness (QED) is 0.865. The van der Waals surface area contributed by atoms with Crippen LogP contribution in [0.15, 0.2) is 29.2 Å². The Bertz CT molecular complexity index is 659. The second-order valence-corrected chi connectivity index (χ2v) is 6.02. The van der Waals surface area contributed by atoms with E-state index < -0.39 is 9.84 Å². The highest BCUT2D eigenvalue weighted by Gasteiger charge is 2.11. The number of sulfone groups is 1. The van der Waals surface area contributed by atoms with Gasteiger partial charge in [-0.1, -0.05) is 0 Å². The zero-order valence-corrected chi connectivity index (χ0v) is 11.0. The Labute approximate surface area is 105 Å². The fourth-order valence-corrected chi connectivity index (χ4v) is 2.27. The molecule has 0 bridgehead atoms. The van der Waals surface area contributed by atoms with Crippen LogP contribution < -0.4 is 5.73 Å². The van der Waals surface area contributed by atoms with Crippen molar-refractivity contribution in [1.29, 1.82) is 0 Å². The van der Waals surface area contributed by atoms with Crippen LogP contribution >= 0.6 is 0 Å². The number of benzene rings is 1. The molecule has 1 aromatic carbocycles. The third-order valence-corrected chi connectivity index (χ3v) is 3.82. The monoisotopic (exact) mass is 266 g/mol. The smallest absolute Gasteiger partial charge is 0.175 e. The summed E-state index contributed by atoms with van der Waals surface area (Å²) in [5.74, 6) is 1.34. The fraction of sp³-hybridized carbons (Fsp3) is 0.273. The Balaban J connectivity index is 2.43. The van der Waals surface area contributed by atoms with Crippen molar-refractivity contribution in [2.24, 2.45) is 12.8 Å². The van der Waals surface area contributed by atoms with Crippen LogP contribution in [0.4, 0.5) is 0 Å². The molecular weight excluding hydrogens is 252 g/mol. The van der Waals surface area contributed by atoms with E-state index in [0.717, 1.165) is 5.56 Å². The summed E-state index contributed by atoms with van der Waals surface area (Å²) >= 11 is 0. The summed E-state index contributed by atoms with van der Waals surface area (Å²) in [5.41, 5.74) is 6.32. The highest BCUT2D eigenvalue weighted by molar-refractivity contribution is 7.90. The molecule has 0 fully saturated rings. The van der Waals surface area contributed by atoms with Crippen molar-refractivity contribution in [1.82, 2.24) is 14.8 Å². The molecule has 0 spiro atoms. The zero-order chi connectivity index (χ0) is 13.3. The van der Waals surface area contributed by atoms with Crippen molar-refractivity contribution in [2.45, 2.75) is 11.4 Å². The second-order valence-electron chi connectivity index (χ2n) is 4.00. The van der Waals surface area contributed by atoms with Crippen LogP contribution in [0.25, 0.3) is 11.4 Å². The van der Waals surface area contributed by atoms with Gasteiger partial charge in [0.05, 0.1) is 11.4 Å². The molecule has 0 amide bonds. The summed E-state index contributed by atoms with van der Waals surface area (Å²) in [6, 6.07) is 6.53. The van der Waals surface area contributed by atoms with Crippen LogP contribution in [0.2, 0.25) is 0 Å². The first-order valence-electron chi connectivity index (χ1n) is 5.32. The van der Waals surface area contributed by atoms with Crippen LogP contribution in [0.3, 0.4) is 0 Å². The Morgan fingerprint density at radius 2 is 1.83 bits per heavy atom. The molecule has 2 aromatic rings. The number of rotatable bonds is 3. The van der Waals surface area contributed by atoms with E-state index in [2.05, 4.69) is 10.2 Å². The van der Waals surface area contributed by atoms with E-state index in [0.29, 0.717) is 18.2 Å². The standard InChI is InChI=1S/C11H14N4O2S/c1-15-10(7-12)13-14-11(15)8-3-5-9(6-4-8)18(2,16)17/h3-6H,7,12H2,1-2H3. The van der Waals surface area contributed by atoms with Gasteiger partial charge >= 0.3 is 0 Å². The van der Waals surface area contributed by atoms with E-state index in [1.165, 1.54) is 6.26 Å². The highest BCUT2D eigenvalue weighted by atomic mass is 32.2. The topological polar surface area (TPSA) is 90.9 Å². The van der Waals surface area contributed by atoms with Crippen LogP contribution in [0, 0.1) is 0 Å². The number of nitrogens with two attached hydrogens (primary N) is 1. The lowest BCUT2D eigenvalue weighted by Gasteiger charge is -2.03. The van der Waals surface area contributed by atoms with Gasteiger partial charge in [0.1, 0.15) is 5.82 Å². The molecule has 2 rings (SSSR count). The molecule has 0 atom stereocenters. The van der Waals surface area contributed by atoms with E-state index in [-0.39, 0.29) is 4.90 Å². The number of hydrogen-bond acceptors (Lipinski definition) is 5. The molecule has 0 aliphatic carbocycles. The first kappa shape index (κ1) is 12.7. The van der Waals surface area contributed by atoms with Crippen LogP contribution in [-0.2, 0) is 23.4 Å². The molecule has 0 aliphatic heterocycles. The zero-order valence-electron chi connectivity index (χ0n) is 10.2. The normalized spacial score (nSPS) is 11.7. The molecule has 6 nitrogen and oxygen atoms in total. The summed E-state index contributed by atoms with van der Waals surface area (Å²) in [6.07, 6.45) is 1.18. The summed E-state index contributed by atoms with van der Waals surface area (Å²) in [7, 11) is -1.35. The fourth-order valence-electron chi connectivity index (χ4n) is 1.64. The third kappa shape index (κ3) is 2.27.